The number of hydrogen-bond donors (Lipinski definition) is 2. The molecule has 0 aliphatic carbocycles. The molecule has 0 radical (unpaired) electrons. The fraction of sp³-hybridized carbons (Fsp3) is 0.357. The Hall–Kier alpha value is -2.57. The van der Waals surface area contributed by atoms with Crippen molar-refractivity contribution in [3.8, 4) is 0 Å². The number of unbranched alkanes of at least 4 members (excludes halogenated alkanes) is 1. The summed E-state index contributed by atoms with van der Waals surface area (Å²) in [6.45, 7) is 1.64. The second kappa shape index (κ2) is 7.28. The molecule has 3 N–H and O–H groups in total. The van der Waals surface area contributed by atoms with Gasteiger partial charge in [0.05, 0.1) is 25.3 Å². The van der Waals surface area contributed by atoms with Gasteiger partial charge in [0.25, 0.3) is 0 Å². The predicted octanol–water partition coefficient (Wildman–Crippen LogP) is 1.54. The lowest BCUT2D eigenvalue weighted by Crippen LogP contribution is -2.12. The van der Waals surface area contributed by atoms with Crippen molar-refractivity contribution in [2.75, 3.05) is 24.7 Å². The zero-order chi connectivity index (χ0) is 15.1. The highest BCUT2D eigenvalue weighted by Gasteiger charge is 2.13. The van der Waals surface area contributed by atoms with E-state index in [1.807, 2.05) is 10.8 Å². The van der Waals surface area contributed by atoms with Gasteiger partial charge in [-0.05, 0) is 18.9 Å². The van der Waals surface area contributed by atoms with Crippen LogP contribution in [0.3, 0.4) is 0 Å². The molecule has 0 aliphatic heterocycles. The quantitative estimate of drug-likeness (QED) is 0.593. The molecule has 2 heterocycles. The molecular weight excluding hydrogens is 270 g/mol. The van der Waals surface area contributed by atoms with Crippen molar-refractivity contribution in [3.05, 3.63) is 36.5 Å². The summed E-state index contributed by atoms with van der Waals surface area (Å²) in [5, 5.41) is 3.14. The number of imidazole rings is 1. The molecular formula is C14H19N5O2. The number of nitrogens with two attached hydrogens (primary N) is 1. The lowest BCUT2D eigenvalue weighted by Gasteiger charge is -2.10. The molecule has 0 atom stereocenters. The third kappa shape index (κ3) is 4.20. The van der Waals surface area contributed by atoms with E-state index in [4.69, 9.17) is 10.5 Å². The summed E-state index contributed by atoms with van der Waals surface area (Å²) in [6, 6.07) is 1.56. The third-order valence-electron chi connectivity index (χ3n) is 3.01. The summed E-state index contributed by atoms with van der Waals surface area (Å²) in [6.07, 6.45) is 8.96. The molecule has 112 valence electrons. The predicted molar refractivity (Wildman–Crippen MR) is 79.9 cm³/mol. The Morgan fingerprint density at radius 1 is 1.48 bits per heavy atom. The van der Waals surface area contributed by atoms with E-state index in [1.54, 1.807) is 18.6 Å². The number of nitrogens with zero attached hydrogens (tertiary/aromatic N) is 3. The highest BCUT2D eigenvalue weighted by Crippen LogP contribution is 2.16. The number of nitrogens with one attached hydrogen (secondary N) is 1. The number of pyridine rings is 1. The molecule has 0 fully saturated rings. The summed E-state index contributed by atoms with van der Waals surface area (Å²) in [7, 11) is 1.33. The van der Waals surface area contributed by atoms with E-state index >= 15 is 0 Å². The molecule has 0 saturated heterocycles. The Morgan fingerprint density at radius 3 is 3.05 bits per heavy atom. The number of aromatic nitrogens is 3. The molecule has 21 heavy (non-hydrogen) atoms. The minimum atomic E-state index is -0.448. The molecule has 0 spiro atoms. The van der Waals surface area contributed by atoms with Crippen LogP contribution in [0.25, 0.3) is 0 Å². The number of aryl methyl sites for hydroxylation is 1. The van der Waals surface area contributed by atoms with Crippen molar-refractivity contribution in [2.24, 2.45) is 0 Å². The van der Waals surface area contributed by atoms with Crippen LogP contribution >= 0.6 is 0 Å². The average Bonchev–Trinajstić information content (AvgIpc) is 3.00. The summed E-state index contributed by atoms with van der Waals surface area (Å²) >= 11 is 0. The van der Waals surface area contributed by atoms with Crippen LogP contribution in [0.15, 0.2) is 31.0 Å². The molecule has 0 aromatic carbocycles. The number of anilines is 2. The lowest BCUT2D eigenvalue weighted by molar-refractivity contribution is 0.0601. The fourth-order valence-electron chi connectivity index (χ4n) is 1.93. The molecule has 7 nitrogen and oxygen atoms in total. The second-order valence-corrected chi connectivity index (χ2v) is 4.59. The number of carbonyl (C=O) groups is 1. The Kier molecular flexibility index (Phi) is 5.14. The number of methoxy groups -OCH3 is 1. The van der Waals surface area contributed by atoms with Crippen LogP contribution in [-0.2, 0) is 11.3 Å². The van der Waals surface area contributed by atoms with E-state index in [1.165, 1.54) is 13.3 Å². The van der Waals surface area contributed by atoms with Crippen molar-refractivity contribution in [3.63, 3.8) is 0 Å². The van der Waals surface area contributed by atoms with Gasteiger partial charge in [0.1, 0.15) is 11.4 Å². The first kappa shape index (κ1) is 14.8. The Bertz CT molecular complexity index is 583. The number of carbonyl (C=O) groups excluding carboxylic acids is 1. The van der Waals surface area contributed by atoms with Crippen molar-refractivity contribution < 1.29 is 9.53 Å². The van der Waals surface area contributed by atoms with E-state index in [0.717, 1.165) is 25.9 Å². The molecule has 2 aromatic rings. The molecule has 2 rings (SSSR count). The monoisotopic (exact) mass is 289 g/mol. The van der Waals surface area contributed by atoms with E-state index in [2.05, 4.69) is 15.3 Å². The minimum absolute atomic E-state index is 0.354. The normalized spacial score (nSPS) is 10.3. The van der Waals surface area contributed by atoms with E-state index in [-0.39, 0.29) is 0 Å². The Morgan fingerprint density at radius 2 is 2.33 bits per heavy atom. The summed E-state index contributed by atoms with van der Waals surface area (Å²) in [4.78, 5) is 19.8. The number of nitrogen functional groups attached to an aromatic ring is 1. The topological polar surface area (TPSA) is 95.1 Å². The van der Waals surface area contributed by atoms with Crippen molar-refractivity contribution in [1.29, 1.82) is 0 Å². The maximum absolute atomic E-state index is 11.7. The number of ether oxygens (including phenoxy) is 1. The van der Waals surface area contributed by atoms with Gasteiger partial charge in [0.15, 0.2) is 0 Å². The fourth-order valence-corrected chi connectivity index (χ4v) is 1.93. The van der Waals surface area contributed by atoms with E-state index in [0.29, 0.717) is 17.1 Å². The number of rotatable bonds is 7. The van der Waals surface area contributed by atoms with Gasteiger partial charge in [-0.3, -0.25) is 0 Å². The Balaban J connectivity index is 1.83. The van der Waals surface area contributed by atoms with Crippen LogP contribution in [0.1, 0.15) is 23.2 Å². The standard InChI is InChI=1S/C14H19N5O2/c1-21-14(20)12-8-11(15)9-18-13(12)17-4-2-3-6-19-7-5-16-10-19/h5,7-10H,2-4,6,15H2,1H3,(H,17,18). The molecule has 0 amide bonds. The SMILES string of the molecule is COC(=O)c1cc(N)cnc1NCCCCn1ccnc1. The van der Waals surface area contributed by atoms with Gasteiger partial charge in [-0.25, -0.2) is 14.8 Å². The van der Waals surface area contributed by atoms with Gasteiger partial charge < -0.3 is 20.4 Å². The molecule has 2 aromatic heterocycles. The minimum Gasteiger partial charge on any atom is -0.465 e. The first-order valence-corrected chi connectivity index (χ1v) is 6.74. The first-order chi connectivity index (χ1) is 10.2. The molecule has 0 saturated carbocycles. The highest BCUT2D eigenvalue weighted by molar-refractivity contribution is 5.95. The number of esters is 1. The van der Waals surface area contributed by atoms with Gasteiger partial charge in [-0.15, -0.1) is 0 Å². The maximum Gasteiger partial charge on any atom is 0.341 e. The lowest BCUT2D eigenvalue weighted by atomic mass is 10.2. The van der Waals surface area contributed by atoms with Gasteiger partial charge in [-0.2, -0.15) is 0 Å². The largest absolute Gasteiger partial charge is 0.465 e. The molecule has 7 heteroatoms. The summed E-state index contributed by atoms with van der Waals surface area (Å²) in [5.74, 6) is 0.0504. The second-order valence-electron chi connectivity index (χ2n) is 4.59. The van der Waals surface area contributed by atoms with E-state index < -0.39 is 5.97 Å². The zero-order valence-corrected chi connectivity index (χ0v) is 12.0. The molecule has 0 unspecified atom stereocenters. The van der Waals surface area contributed by atoms with Gasteiger partial charge in [0.2, 0.25) is 0 Å². The number of hydrogen-bond acceptors (Lipinski definition) is 6. The first-order valence-electron chi connectivity index (χ1n) is 6.74. The van der Waals surface area contributed by atoms with Crippen LogP contribution < -0.4 is 11.1 Å². The molecule has 0 bridgehead atoms. The van der Waals surface area contributed by atoms with E-state index in [9.17, 15) is 4.79 Å². The van der Waals surface area contributed by atoms with Crippen molar-refractivity contribution >= 4 is 17.5 Å². The van der Waals surface area contributed by atoms with Crippen molar-refractivity contribution in [2.45, 2.75) is 19.4 Å². The van der Waals surface area contributed by atoms with Crippen LogP contribution in [0.4, 0.5) is 11.5 Å². The summed E-state index contributed by atoms with van der Waals surface area (Å²) in [5.41, 5.74) is 6.43. The zero-order valence-electron chi connectivity index (χ0n) is 12.0. The highest BCUT2D eigenvalue weighted by atomic mass is 16.5. The van der Waals surface area contributed by atoms with Crippen molar-refractivity contribution in [1.82, 2.24) is 14.5 Å². The molecule has 0 aliphatic rings. The average molecular weight is 289 g/mol. The summed E-state index contributed by atoms with van der Waals surface area (Å²) < 4.78 is 6.75. The Labute approximate surface area is 123 Å². The van der Waals surface area contributed by atoms with Crippen LogP contribution in [0, 0.1) is 0 Å². The van der Waals surface area contributed by atoms with Crippen LogP contribution in [0.2, 0.25) is 0 Å². The van der Waals surface area contributed by atoms with Crippen LogP contribution in [0.5, 0.6) is 0 Å². The van der Waals surface area contributed by atoms with Gasteiger partial charge in [-0.1, -0.05) is 0 Å². The smallest absolute Gasteiger partial charge is 0.341 e. The third-order valence-corrected chi connectivity index (χ3v) is 3.01. The maximum atomic E-state index is 11.7. The van der Waals surface area contributed by atoms with Gasteiger partial charge >= 0.3 is 5.97 Å². The van der Waals surface area contributed by atoms with Gasteiger partial charge in [0, 0.05) is 25.5 Å². The van der Waals surface area contributed by atoms with Crippen LogP contribution in [-0.4, -0.2) is 34.2 Å².